The van der Waals surface area contributed by atoms with Crippen LogP contribution in [0.3, 0.4) is 0 Å². The molecule has 0 unspecified atom stereocenters. The Morgan fingerprint density at radius 3 is 2.26 bits per heavy atom. The molecule has 2 fully saturated rings. The Morgan fingerprint density at radius 2 is 1.63 bits per heavy atom. The zero-order valence-electron chi connectivity index (χ0n) is 13.8. The van der Waals surface area contributed by atoms with Crippen molar-refractivity contribution >= 4 is 0 Å². The zero-order valence-corrected chi connectivity index (χ0v) is 13.8. The van der Waals surface area contributed by atoms with Gasteiger partial charge in [-0.25, -0.2) is 0 Å². The highest BCUT2D eigenvalue weighted by Gasteiger charge is 2.58. The van der Waals surface area contributed by atoms with E-state index in [1.165, 1.54) is 25.0 Å². The number of fused-ring (bicyclic) bond motifs is 2. The second kappa shape index (κ2) is 3.59. The minimum atomic E-state index is 0.0495. The van der Waals surface area contributed by atoms with Crippen molar-refractivity contribution in [3.05, 3.63) is 11.3 Å². The van der Waals surface area contributed by atoms with E-state index in [0.29, 0.717) is 16.7 Å². The highest BCUT2D eigenvalue weighted by Crippen LogP contribution is 2.66. The Labute approximate surface area is 118 Å². The van der Waals surface area contributed by atoms with Crippen molar-refractivity contribution in [2.45, 2.75) is 73.3 Å². The first-order valence-corrected chi connectivity index (χ1v) is 8.01. The molecule has 3 rings (SSSR count). The van der Waals surface area contributed by atoms with Crippen LogP contribution in [-0.2, 0) is 4.74 Å². The van der Waals surface area contributed by atoms with Crippen LogP contribution in [0.2, 0.25) is 0 Å². The fourth-order valence-electron chi connectivity index (χ4n) is 5.28. The third-order valence-corrected chi connectivity index (χ3v) is 6.70. The molecule has 1 nitrogen and oxygen atoms in total. The first-order valence-electron chi connectivity index (χ1n) is 8.01. The lowest BCUT2D eigenvalue weighted by atomic mass is 9.70. The topological polar surface area (TPSA) is 9.23 Å². The molecule has 0 amide bonds. The van der Waals surface area contributed by atoms with Gasteiger partial charge in [-0.15, -0.1) is 0 Å². The number of hydrogen-bond donors (Lipinski definition) is 0. The lowest BCUT2D eigenvalue weighted by Gasteiger charge is -2.34. The van der Waals surface area contributed by atoms with Gasteiger partial charge in [0, 0.05) is 5.92 Å². The molecule has 2 aliphatic carbocycles. The van der Waals surface area contributed by atoms with E-state index in [9.17, 15) is 0 Å². The Bertz CT molecular complexity index is 439. The van der Waals surface area contributed by atoms with Crippen LogP contribution >= 0.6 is 0 Å². The first kappa shape index (κ1) is 13.5. The molecule has 19 heavy (non-hydrogen) atoms. The van der Waals surface area contributed by atoms with Gasteiger partial charge in [0.25, 0.3) is 0 Å². The molecule has 1 heteroatoms. The van der Waals surface area contributed by atoms with E-state index >= 15 is 0 Å². The van der Waals surface area contributed by atoms with Crippen LogP contribution in [0.5, 0.6) is 0 Å². The molecular formula is C18H30O. The Balaban J connectivity index is 2.15. The Kier molecular flexibility index (Phi) is 2.56. The van der Waals surface area contributed by atoms with Gasteiger partial charge in [-0.05, 0) is 61.3 Å². The number of allylic oxidation sites excluding steroid dienone is 2. The fraction of sp³-hybridized carbons (Fsp3) is 0.889. The number of hydrogen-bond acceptors (Lipinski definition) is 1. The van der Waals surface area contributed by atoms with Gasteiger partial charge in [0.05, 0.1) is 0 Å². The summed E-state index contributed by atoms with van der Waals surface area (Å²) in [5, 5.41) is 0. The quantitative estimate of drug-likeness (QED) is 0.585. The van der Waals surface area contributed by atoms with E-state index in [1.807, 2.05) is 0 Å². The van der Waals surface area contributed by atoms with Gasteiger partial charge in [0.1, 0.15) is 11.4 Å². The Hall–Kier alpha value is -0.460. The van der Waals surface area contributed by atoms with Crippen molar-refractivity contribution in [2.24, 2.45) is 28.6 Å². The van der Waals surface area contributed by atoms with E-state index in [2.05, 4.69) is 48.5 Å². The highest BCUT2D eigenvalue weighted by molar-refractivity contribution is 5.34. The maximum Gasteiger partial charge on any atom is 0.104 e. The zero-order chi connectivity index (χ0) is 14.2. The van der Waals surface area contributed by atoms with Gasteiger partial charge in [-0.2, -0.15) is 0 Å². The van der Waals surface area contributed by atoms with Crippen molar-refractivity contribution < 1.29 is 4.74 Å². The van der Waals surface area contributed by atoms with Gasteiger partial charge < -0.3 is 4.74 Å². The van der Waals surface area contributed by atoms with Gasteiger partial charge in [0.2, 0.25) is 0 Å². The van der Waals surface area contributed by atoms with E-state index in [1.54, 1.807) is 5.57 Å². The second-order valence-corrected chi connectivity index (χ2v) is 8.94. The van der Waals surface area contributed by atoms with E-state index in [-0.39, 0.29) is 5.60 Å². The summed E-state index contributed by atoms with van der Waals surface area (Å²) in [6.07, 6.45) is 3.91. The van der Waals surface area contributed by atoms with E-state index < -0.39 is 0 Å². The average Bonchev–Trinajstić information content (AvgIpc) is 2.65. The predicted molar refractivity (Wildman–Crippen MR) is 79.7 cm³/mol. The van der Waals surface area contributed by atoms with Crippen LogP contribution in [0.25, 0.3) is 0 Å². The normalized spacial score (nSPS) is 41.7. The van der Waals surface area contributed by atoms with E-state index in [0.717, 1.165) is 11.8 Å². The lowest BCUT2D eigenvalue weighted by molar-refractivity contribution is 0.0706. The maximum absolute atomic E-state index is 6.42. The maximum atomic E-state index is 6.42. The third-order valence-electron chi connectivity index (χ3n) is 6.70. The molecule has 3 atom stereocenters. The molecule has 0 spiro atoms. The molecule has 0 bridgehead atoms. The van der Waals surface area contributed by atoms with Crippen LogP contribution in [0.1, 0.15) is 67.7 Å². The van der Waals surface area contributed by atoms with Crippen LogP contribution in [0, 0.1) is 28.6 Å². The van der Waals surface area contributed by atoms with Crippen LogP contribution < -0.4 is 0 Å². The van der Waals surface area contributed by atoms with Gasteiger partial charge in [-0.1, -0.05) is 34.6 Å². The molecule has 0 aromatic heterocycles. The average molecular weight is 262 g/mol. The summed E-state index contributed by atoms with van der Waals surface area (Å²) < 4.78 is 6.42. The molecule has 3 aliphatic rings. The molecule has 0 aromatic carbocycles. The summed E-state index contributed by atoms with van der Waals surface area (Å²) in [5.74, 6) is 3.54. The molecule has 0 radical (unpaired) electrons. The molecular weight excluding hydrogens is 232 g/mol. The molecule has 1 aliphatic heterocycles. The lowest BCUT2D eigenvalue weighted by Crippen LogP contribution is -2.27. The monoisotopic (exact) mass is 262 g/mol. The Morgan fingerprint density at radius 1 is 1.00 bits per heavy atom. The van der Waals surface area contributed by atoms with Gasteiger partial charge >= 0.3 is 0 Å². The number of rotatable bonds is 0. The molecule has 1 heterocycles. The third kappa shape index (κ3) is 1.66. The molecule has 108 valence electrons. The smallest absolute Gasteiger partial charge is 0.104 e. The summed E-state index contributed by atoms with van der Waals surface area (Å²) in [7, 11) is 0. The number of ether oxygens (including phenoxy) is 1. The molecule has 1 saturated carbocycles. The summed E-state index contributed by atoms with van der Waals surface area (Å²) >= 11 is 0. The molecule has 0 N–H and O–H groups in total. The van der Waals surface area contributed by atoms with Gasteiger partial charge in [-0.3, -0.25) is 0 Å². The molecule has 0 aromatic rings. The highest BCUT2D eigenvalue weighted by atomic mass is 16.5. The second-order valence-electron chi connectivity index (χ2n) is 8.94. The SMILES string of the molecule is C[C@H]1C(C)(C)C2=C3OC(C)(C)C[C@H]3CC[C@H]2C1(C)C. The van der Waals surface area contributed by atoms with Crippen LogP contribution in [0.4, 0.5) is 0 Å². The predicted octanol–water partition coefficient (Wildman–Crippen LogP) is 5.17. The summed E-state index contributed by atoms with van der Waals surface area (Å²) in [4.78, 5) is 0. The van der Waals surface area contributed by atoms with Crippen LogP contribution in [0.15, 0.2) is 11.3 Å². The van der Waals surface area contributed by atoms with Crippen molar-refractivity contribution in [3.8, 4) is 0 Å². The van der Waals surface area contributed by atoms with Gasteiger partial charge in [0.15, 0.2) is 0 Å². The molecule has 1 saturated heterocycles. The fourth-order valence-corrected chi connectivity index (χ4v) is 5.28. The minimum Gasteiger partial charge on any atom is -0.492 e. The van der Waals surface area contributed by atoms with Crippen molar-refractivity contribution in [1.82, 2.24) is 0 Å². The largest absolute Gasteiger partial charge is 0.492 e. The van der Waals surface area contributed by atoms with Crippen LogP contribution in [-0.4, -0.2) is 5.60 Å². The summed E-state index contributed by atoms with van der Waals surface area (Å²) in [6.45, 7) is 16.8. The van der Waals surface area contributed by atoms with Crippen molar-refractivity contribution in [3.63, 3.8) is 0 Å². The summed E-state index contributed by atoms with van der Waals surface area (Å²) in [5.41, 5.74) is 2.43. The van der Waals surface area contributed by atoms with E-state index in [4.69, 9.17) is 4.74 Å². The first-order chi connectivity index (χ1) is 8.57. The van der Waals surface area contributed by atoms with Crippen molar-refractivity contribution in [2.75, 3.05) is 0 Å². The minimum absolute atomic E-state index is 0.0495. The van der Waals surface area contributed by atoms with Crippen molar-refractivity contribution in [1.29, 1.82) is 0 Å². The standard InChI is InChI=1S/C18H30O/c1-11-17(4,5)13-9-8-12-10-16(2,3)19-15(12)14(13)18(11,6)7/h11-13H,8-10H2,1-7H3/t11-,12-,13-/m1/s1. The summed E-state index contributed by atoms with van der Waals surface area (Å²) in [6, 6.07) is 0.